The lowest BCUT2D eigenvalue weighted by Crippen LogP contribution is -2.29. The molecule has 0 bridgehead atoms. The normalized spacial score (nSPS) is 13.2. The lowest BCUT2D eigenvalue weighted by atomic mass is 10.0. The molecule has 0 heterocycles. The van der Waals surface area contributed by atoms with Crippen LogP contribution >= 0.6 is 0 Å². The summed E-state index contributed by atoms with van der Waals surface area (Å²) in [6.45, 7) is 1.91. The Kier molecular flexibility index (Phi) is 7.15. The molecule has 2 atom stereocenters. The van der Waals surface area contributed by atoms with Crippen LogP contribution < -0.4 is 5.32 Å². The van der Waals surface area contributed by atoms with Crippen LogP contribution in [0, 0.1) is 0 Å². The Balaban J connectivity index is 2.23. The van der Waals surface area contributed by atoms with E-state index >= 15 is 0 Å². The predicted molar refractivity (Wildman–Crippen MR) is 96.4 cm³/mol. The van der Waals surface area contributed by atoms with Gasteiger partial charge >= 0.3 is 0 Å². The van der Waals surface area contributed by atoms with E-state index in [4.69, 9.17) is 5.11 Å². The molecule has 2 aromatic carbocycles. The number of rotatable bonds is 8. The molecular formula is C19H23NO3S. The van der Waals surface area contributed by atoms with Crippen LogP contribution in [0.5, 0.6) is 0 Å². The maximum atomic E-state index is 12.7. The van der Waals surface area contributed by atoms with E-state index in [1.807, 2.05) is 37.3 Å². The first kappa shape index (κ1) is 18.4. The van der Waals surface area contributed by atoms with Gasteiger partial charge in [-0.3, -0.25) is 9.00 Å². The first-order valence-corrected chi connectivity index (χ1v) is 9.43. The van der Waals surface area contributed by atoms with E-state index < -0.39 is 10.8 Å². The van der Waals surface area contributed by atoms with Crippen molar-refractivity contribution in [3.05, 3.63) is 65.7 Å². The lowest BCUT2D eigenvalue weighted by molar-refractivity contribution is 0.0929. The SMILES string of the molecule is CCS(=O)c1ccccc1C(=O)NC(CCCO)c1ccccc1. The van der Waals surface area contributed by atoms with E-state index in [0.717, 1.165) is 5.56 Å². The number of benzene rings is 2. The van der Waals surface area contributed by atoms with Gasteiger partial charge in [0, 0.05) is 12.4 Å². The number of hydrogen-bond acceptors (Lipinski definition) is 3. The molecule has 0 fully saturated rings. The van der Waals surface area contributed by atoms with Gasteiger partial charge in [0.05, 0.1) is 27.3 Å². The van der Waals surface area contributed by atoms with Gasteiger partial charge in [-0.15, -0.1) is 0 Å². The van der Waals surface area contributed by atoms with Crippen LogP contribution in [-0.4, -0.2) is 27.6 Å². The molecule has 5 heteroatoms. The fourth-order valence-corrected chi connectivity index (χ4v) is 3.49. The Morgan fingerprint density at radius 2 is 1.79 bits per heavy atom. The van der Waals surface area contributed by atoms with E-state index in [9.17, 15) is 9.00 Å². The van der Waals surface area contributed by atoms with Crippen molar-refractivity contribution in [3.8, 4) is 0 Å². The Labute approximate surface area is 145 Å². The zero-order valence-electron chi connectivity index (χ0n) is 13.8. The van der Waals surface area contributed by atoms with E-state index in [1.54, 1.807) is 24.3 Å². The second kappa shape index (κ2) is 9.35. The highest BCUT2D eigenvalue weighted by Crippen LogP contribution is 2.20. The minimum Gasteiger partial charge on any atom is -0.396 e. The van der Waals surface area contributed by atoms with Crippen molar-refractivity contribution in [1.82, 2.24) is 5.32 Å². The monoisotopic (exact) mass is 345 g/mol. The minimum atomic E-state index is -1.19. The van der Waals surface area contributed by atoms with Crippen molar-refractivity contribution in [2.75, 3.05) is 12.4 Å². The molecule has 0 aliphatic heterocycles. The topological polar surface area (TPSA) is 66.4 Å². The van der Waals surface area contributed by atoms with Crippen molar-refractivity contribution in [1.29, 1.82) is 0 Å². The molecule has 0 saturated carbocycles. The molecule has 2 unspecified atom stereocenters. The number of carbonyl (C=O) groups excluding carboxylic acids is 1. The van der Waals surface area contributed by atoms with E-state index in [2.05, 4.69) is 5.32 Å². The van der Waals surface area contributed by atoms with E-state index in [0.29, 0.717) is 29.1 Å². The Morgan fingerprint density at radius 1 is 1.12 bits per heavy atom. The Morgan fingerprint density at radius 3 is 2.46 bits per heavy atom. The second-order valence-corrected chi connectivity index (χ2v) is 7.14. The summed E-state index contributed by atoms with van der Waals surface area (Å²) in [6.07, 6.45) is 1.24. The first-order valence-electron chi connectivity index (χ1n) is 8.11. The van der Waals surface area contributed by atoms with Crippen molar-refractivity contribution in [3.63, 3.8) is 0 Å². The number of hydrogen-bond donors (Lipinski definition) is 2. The molecule has 0 spiro atoms. The maximum absolute atomic E-state index is 12.7. The van der Waals surface area contributed by atoms with Crippen LogP contribution in [0.15, 0.2) is 59.5 Å². The quantitative estimate of drug-likeness (QED) is 0.773. The standard InChI is InChI=1S/C19H23NO3S/c1-2-24(23)18-13-7-6-11-16(18)19(22)20-17(12-8-14-21)15-9-4-3-5-10-15/h3-7,9-11,13,17,21H,2,8,12,14H2,1H3,(H,20,22). The fraction of sp³-hybridized carbons (Fsp3) is 0.316. The summed E-state index contributed by atoms with van der Waals surface area (Å²) in [5, 5.41) is 12.1. The third kappa shape index (κ3) is 4.76. The summed E-state index contributed by atoms with van der Waals surface area (Å²) in [5.74, 6) is 0.232. The van der Waals surface area contributed by atoms with Crippen LogP contribution in [0.1, 0.15) is 41.7 Å². The average molecular weight is 345 g/mol. The largest absolute Gasteiger partial charge is 0.396 e. The highest BCUT2D eigenvalue weighted by Gasteiger charge is 2.19. The molecule has 24 heavy (non-hydrogen) atoms. The molecule has 0 aliphatic carbocycles. The third-order valence-corrected chi connectivity index (χ3v) is 5.17. The summed E-state index contributed by atoms with van der Waals surface area (Å²) in [7, 11) is -1.19. The Hall–Kier alpha value is -1.98. The van der Waals surface area contributed by atoms with Crippen molar-refractivity contribution in [2.45, 2.75) is 30.7 Å². The maximum Gasteiger partial charge on any atom is 0.252 e. The molecule has 0 aromatic heterocycles. The van der Waals surface area contributed by atoms with Crippen LogP contribution in [0.25, 0.3) is 0 Å². The fourth-order valence-electron chi connectivity index (χ4n) is 2.55. The van der Waals surface area contributed by atoms with Gasteiger partial charge in [0.25, 0.3) is 5.91 Å². The Bertz CT molecular complexity index is 688. The molecule has 0 saturated heterocycles. The summed E-state index contributed by atoms with van der Waals surface area (Å²) in [6, 6.07) is 16.5. The van der Waals surface area contributed by atoms with Crippen LogP contribution in [0.4, 0.5) is 0 Å². The molecule has 0 radical (unpaired) electrons. The highest BCUT2D eigenvalue weighted by atomic mass is 32.2. The molecular weight excluding hydrogens is 322 g/mol. The summed E-state index contributed by atoms with van der Waals surface area (Å²) in [4.78, 5) is 13.3. The molecule has 2 N–H and O–H groups in total. The van der Waals surface area contributed by atoms with Crippen molar-refractivity contribution < 1.29 is 14.1 Å². The van der Waals surface area contributed by atoms with E-state index in [1.165, 1.54) is 0 Å². The predicted octanol–water partition coefficient (Wildman–Crippen LogP) is 3.06. The van der Waals surface area contributed by atoms with Gasteiger partial charge in [-0.05, 0) is 30.5 Å². The van der Waals surface area contributed by atoms with E-state index in [-0.39, 0.29) is 18.6 Å². The van der Waals surface area contributed by atoms with Gasteiger partial charge in [0.1, 0.15) is 0 Å². The van der Waals surface area contributed by atoms with Crippen molar-refractivity contribution in [2.24, 2.45) is 0 Å². The van der Waals surface area contributed by atoms with Gasteiger partial charge in [-0.1, -0.05) is 49.4 Å². The summed E-state index contributed by atoms with van der Waals surface area (Å²) in [5.41, 5.74) is 1.44. The zero-order chi connectivity index (χ0) is 17.4. The second-order valence-electron chi connectivity index (χ2n) is 5.43. The van der Waals surface area contributed by atoms with Gasteiger partial charge in [-0.2, -0.15) is 0 Å². The molecule has 128 valence electrons. The number of aliphatic hydroxyl groups excluding tert-OH is 1. The van der Waals surface area contributed by atoms with Gasteiger partial charge in [0.15, 0.2) is 0 Å². The zero-order valence-corrected chi connectivity index (χ0v) is 14.6. The van der Waals surface area contributed by atoms with Gasteiger partial charge in [-0.25, -0.2) is 0 Å². The average Bonchev–Trinajstić information content (AvgIpc) is 2.65. The van der Waals surface area contributed by atoms with Crippen LogP contribution in [0.2, 0.25) is 0 Å². The minimum absolute atomic E-state index is 0.0790. The third-order valence-electron chi connectivity index (χ3n) is 3.80. The van der Waals surface area contributed by atoms with Crippen LogP contribution in [0.3, 0.4) is 0 Å². The molecule has 2 aromatic rings. The molecule has 1 amide bonds. The number of amides is 1. The number of carbonyl (C=O) groups is 1. The first-order chi connectivity index (χ1) is 11.7. The number of aliphatic hydroxyl groups is 1. The summed E-state index contributed by atoms with van der Waals surface area (Å²) >= 11 is 0. The summed E-state index contributed by atoms with van der Waals surface area (Å²) < 4.78 is 12.2. The van der Waals surface area contributed by atoms with Crippen LogP contribution in [-0.2, 0) is 10.8 Å². The number of nitrogens with one attached hydrogen (secondary N) is 1. The lowest BCUT2D eigenvalue weighted by Gasteiger charge is -2.20. The van der Waals surface area contributed by atoms with Gasteiger partial charge in [0.2, 0.25) is 0 Å². The molecule has 4 nitrogen and oxygen atoms in total. The highest BCUT2D eigenvalue weighted by molar-refractivity contribution is 7.85. The molecule has 2 rings (SSSR count). The molecule has 0 aliphatic rings. The van der Waals surface area contributed by atoms with Crippen molar-refractivity contribution >= 4 is 16.7 Å². The van der Waals surface area contributed by atoms with Gasteiger partial charge < -0.3 is 10.4 Å². The smallest absolute Gasteiger partial charge is 0.252 e.